The summed E-state index contributed by atoms with van der Waals surface area (Å²) in [5.74, 6) is 0.232. The number of carbonyl (C=O) groups excluding carboxylic acids is 3. The van der Waals surface area contributed by atoms with Crippen LogP contribution in [0.1, 0.15) is 22.5 Å². The highest BCUT2D eigenvalue weighted by Gasteiger charge is 2.46. The summed E-state index contributed by atoms with van der Waals surface area (Å²) >= 11 is 7.07. The van der Waals surface area contributed by atoms with Crippen LogP contribution in [0.3, 0.4) is 0 Å². The average molecular weight is 492 g/mol. The Morgan fingerprint density at radius 1 is 1.30 bits per heavy atom. The highest BCUT2D eigenvalue weighted by molar-refractivity contribution is 7.18. The van der Waals surface area contributed by atoms with E-state index in [-0.39, 0.29) is 37.1 Å². The summed E-state index contributed by atoms with van der Waals surface area (Å²) in [6.45, 7) is 0.927. The van der Waals surface area contributed by atoms with Crippen LogP contribution in [0.2, 0.25) is 4.34 Å². The number of nitrogens with one attached hydrogen (secondary N) is 1. The molecule has 1 aromatic heterocycles. The topological polar surface area (TPSA) is 97.4 Å². The van der Waals surface area contributed by atoms with Crippen molar-refractivity contribution < 1.29 is 28.6 Å². The molecular formula is C22H22ClN3O6S. The van der Waals surface area contributed by atoms with Gasteiger partial charge in [-0.3, -0.25) is 14.5 Å². The summed E-state index contributed by atoms with van der Waals surface area (Å²) in [5, 5.41) is 2.80. The number of thiophene rings is 1. The van der Waals surface area contributed by atoms with E-state index in [1.165, 1.54) is 11.3 Å². The Labute approximate surface area is 199 Å². The number of benzene rings is 1. The highest BCUT2D eigenvalue weighted by atomic mass is 35.5. The van der Waals surface area contributed by atoms with Crippen molar-refractivity contribution in [2.75, 3.05) is 36.6 Å². The van der Waals surface area contributed by atoms with Crippen LogP contribution >= 0.6 is 22.9 Å². The maximum atomic E-state index is 12.6. The number of hydrogen-bond acceptors (Lipinski definition) is 7. The Hall–Kier alpha value is -2.82. The molecule has 0 saturated carbocycles. The number of rotatable bonds is 5. The van der Waals surface area contributed by atoms with Crippen molar-refractivity contribution >= 4 is 52.2 Å². The van der Waals surface area contributed by atoms with Crippen LogP contribution in [0.4, 0.5) is 16.2 Å². The van der Waals surface area contributed by atoms with Crippen LogP contribution in [0.25, 0.3) is 0 Å². The van der Waals surface area contributed by atoms with Gasteiger partial charge in [-0.15, -0.1) is 11.3 Å². The second kappa shape index (κ2) is 8.85. The summed E-state index contributed by atoms with van der Waals surface area (Å²) in [4.78, 5) is 41.2. The zero-order valence-corrected chi connectivity index (χ0v) is 19.4. The zero-order chi connectivity index (χ0) is 23.1. The summed E-state index contributed by atoms with van der Waals surface area (Å²) in [6, 6.07) is 8.28. The van der Waals surface area contributed by atoms with E-state index in [4.69, 9.17) is 25.8 Å². The minimum atomic E-state index is -0.556. The van der Waals surface area contributed by atoms with E-state index < -0.39 is 12.2 Å². The van der Waals surface area contributed by atoms with Crippen molar-refractivity contribution in [3.8, 4) is 5.75 Å². The van der Waals surface area contributed by atoms with E-state index in [1.807, 2.05) is 0 Å². The number of ether oxygens (including phenoxy) is 3. The second-order valence-electron chi connectivity index (χ2n) is 8.03. The Kier molecular flexibility index (Phi) is 5.90. The number of amides is 3. The molecule has 33 heavy (non-hydrogen) atoms. The molecule has 2 fully saturated rings. The van der Waals surface area contributed by atoms with Gasteiger partial charge in [-0.2, -0.15) is 0 Å². The van der Waals surface area contributed by atoms with E-state index in [9.17, 15) is 14.4 Å². The molecule has 9 nitrogen and oxygen atoms in total. The Morgan fingerprint density at radius 3 is 2.88 bits per heavy atom. The van der Waals surface area contributed by atoms with Crippen molar-refractivity contribution in [1.82, 2.24) is 5.32 Å². The first kappa shape index (κ1) is 22.0. The first-order valence-corrected chi connectivity index (χ1v) is 11.8. The number of cyclic esters (lactones) is 1. The molecule has 4 heterocycles. The van der Waals surface area contributed by atoms with Crippen LogP contribution < -0.4 is 19.9 Å². The van der Waals surface area contributed by atoms with Crippen LogP contribution in [0.15, 0.2) is 30.3 Å². The molecule has 1 N–H and O–H groups in total. The third-order valence-electron chi connectivity index (χ3n) is 6.11. The van der Waals surface area contributed by atoms with Crippen molar-refractivity contribution in [2.45, 2.75) is 31.1 Å². The van der Waals surface area contributed by atoms with E-state index in [0.717, 1.165) is 12.1 Å². The lowest BCUT2D eigenvalue weighted by atomic mass is 10.0. The van der Waals surface area contributed by atoms with Gasteiger partial charge in [0.15, 0.2) is 0 Å². The van der Waals surface area contributed by atoms with Crippen LogP contribution in [0.5, 0.6) is 5.75 Å². The molecule has 5 rings (SSSR count). The number of hydrogen-bond donors (Lipinski definition) is 1. The Bertz CT molecular complexity index is 1110. The molecular weight excluding hydrogens is 470 g/mol. The summed E-state index contributed by atoms with van der Waals surface area (Å²) in [5.41, 5.74) is 1.30. The van der Waals surface area contributed by atoms with Crippen molar-refractivity contribution in [3.63, 3.8) is 0 Å². The second-order valence-corrected chi connectivity index (χ2v) is 9.75. The van der Waals surface area contributed by atoms with Gasteiger partial charge in [0.1, 0.15) is 24.5 Å². The molecule has 11 heteroatoms. The molecule has 2 aromatic rings. The number of anilines is 2. The average Bonchev–Trinajstić information content (AvgIpc) is 3.40. The van der Waals surface area contributed by atoms with E-state index >= 15 is 0 Å². The molecule has 3 atom stereocenters. The lowest BCUT2D eigenvalue weighted by Gasteiger charge is -2.34. The molecule has 2 saturated heterocycles. The van der Waals surface area contributed by atoms with Crippen LogP contribution in [-0.2, 0) is 14.3 Å². The zero-order valence-electron chi connectivity index (χ0n) is 17.8. The smallest absolute Gasteiger partial charge is 0.415 e. The van der Waals surface area contributed by atoms with Crippen molar-refractivity contribution in [3.05, 3.63) is 39.5 Å². The fraction of sp³-hybridized carbons (Fsp3) is 0.409. The fourth-order valence-corrected chi connectivity index (χ4v) is 5.32. The number of methoxy groups -OCH3 is 1. The van der Waals surface area contributed by atoms with Gasteiger partial charge >= 0.3 is 6.09 Å². The summed E-state index contributed by atoms with van der Waals surface area (Å²) in [6.07, 6.45) is -0.0182. The summed E-state index contributed by atoms with van der Waals surface area (Å²) < 4.78 is 17.3. The third kappa shape index (κ3) is 4.14. The van der Waals surface area contributed by atoms with Gasteiger partial charge < -0.3 is 24.4 Å². The van der Waals surface area contributed by atoms with Gasteiger partial charge in [0.05, 0.1) is 34.0 Å². The molecule has 1 aromatic carbocycles. The first-order chi connectivity index (χ1) is 15.9. The molecule has 174 valence electrons. The number of halogens is 1. The minimum Gasteiger partial charge on any atom is -0.489 e. The van der Waals surface area contributed by atoms with Crippen molar-refractivity contribution in [1.29, 1.82) is 0 Å². The predicted octanol–water partition coefficient (Wildman–Crippen LogP) is 3.06. The van der Waals surface area contributed by atoms with E-state index in [1.54, 1.807) is 47.2 Å². The lowest BCUT2D eigenvalue weighted by molar-refractivity contribution is -0.122. The quantitative estimate of drug-likeness (QED) is 0.690. The number of carbonyl (C=O) groups is 3. The molecule has 0 bridgehead atoms. The Morgan fingerprint density at radius 2 is 2.15 bits per heavy atom. The standard InChI is InChI=1S/C22H22ClN3O6S/c1-30-13-6-7-25(20(27)9-13)12-2-3-14-16(8-12)31-11-15-17(32-22(29)26(14)15)10-24-21(28)18-4-5-19(23)33-18/h2-5,8,13,15,17H,6-7,9-11H2,1H3,(H,24,28)/t13-,15+,17+/m1/s1. The number of nitrogens with zero attached hydrogens (tertiary/aromatic N) is 2. The Balaban J connectivity index is 1.28. The molecule has 0 unspecified atom stereocenters. The largest absolute Gasteiger partial charge is 0.489 e. The van der Waals surface area contributed by atoms with E-state index in [0.29, 0.717) is 33.6 Å². The van der Waals surface area contributed by atoms with Gasteiger partial charge in [-0.1, -0.05) is 11.6 Å². The molecule has 3 aliphatic rings. The van der Waals surface area contributed by atoms with Gasteiger partial charge in [0, 0.05) is 25.4 Å². The minimum absolute atomic E-state index is 0.00912. The highest BCUT2D eigenvalue weighted by Crippen LogP contribution is 2.41. The number of piperidine rings is 1. The van der Waals surface area contributed by atoms with Gasteiger partial charge in [0.2, 0.25) is 5.91 Å². The third-order valence-corrected chi connectivity index (χ3v) is 7.34. The summed E-state index contributed by atoms with van der Waals surface area (Å²) in [7, 11) is 1.61. The maximum absolute atomic E-state index is 12.6. The predicted molar refractivity (Wildman–Crippen MR) is 123 cm³/mol. The monoisotopic (exact) mass is 491 g/mol. The maximum Gasteiger partial charge on any atom is 0.415 e. The van der Waals surface area contributed by atoms with Gasteiger partial charge in [-0.25, -0.2) is 4.79 Å². The lowest BCUT2D eigenvalue weighted by Crippen LogP contribution is -2.48. The molecule has 0 aliphatic carbocycles. The van der Waals surface area contributed by atoms with Crippen LogP contribution in [0, 0.1) is 0 Å². The first-order valence-electron chi connectivity index (χ1n) is 10.6. The fourth-order valence-electron chi connectivity index (χ4n) is 4.36. The van der Waals surface area contributed by atoms with E-state index in [2.05, 4.69) is 5.32 Å². The molecule has 0 spiro atoms. The molecule has 3 amide bonds. The van der Waals surface area contributed by atoms with Gasteiger partial charge in [-0.05, 0) is 30.7 Å². The van der Waals surface area contributed by atoms with Crippen molar-refractivity contribution in [2.24, 2.45) is 0 Å². The van der Waals surface area contributed by atoms with Gasteiger partial charge in [0.25, 0.3) is 5.91 Å². The molecule has 3 aliphatic heterocycles. The van der Waals surface area contributed by atoms with Crippen LogP contribution in [-0.4, -0.2) is 63.0 Å². The normalized spacial score (nSPS) is 24.1. The SMILES string of the molecule is CO[C@@H]1CCN(c2ccc3c(c2)OC[C@H]2[C@H](CNC(=O)c4ccc(Cl)s4)OC(=O)N32)C(=O)C1. The molecule has 0 radical (unpaired) electrons. The number of fused-ring (bicyclic) bond motifs is 3.